The molecule has 0 N–H and O–H groups in total. The highest BCUT2D eigenvalue weighted by molar-refractivity contribution is 5.25. The van der Waals surface area contributed by atoms with Gasteiger partial charge < -0.3 is 0 Å². The summed E-state index contributed by atoms with van der Waals surface area (Å²) in [7, 11) is 0. The van der Waals surface area contributed by atoms with Gasteiger partial charge in [0.05, 0.1) is 0 Å². The van der Waals surface area contributed by atoms with Crippen LogP contribution in [0.25, 0.3) is 0 Å². The third-order valence-electron chi connectivity index (χ3n) is 3.12. The first kappa shape index (κ1) is 12.3. The van der Waals surface area contributed by atoms with Gasteiger partial charge in [-0.1, -0.05) is 57.9 Å². The second kappa shape index (κ2) is 6.66. The van der Waals surface area contributed by atoms with Crippen LogP contribution in [0.15, 0.2) is 24.3 Å². The van der Waals surface area contributed by atoms with E-state index in [1.807, 2.05) is 0 Å². The molecule has 0 saturated carbocycles. The Morgan fingerprint density at radius 3 is 2.07 bits per heavy atom. The lowest BCUT2D eigenvalue weighted by atomic mass is 9.91. The van der Waals surface area contributed by atoms with E-state index < -0.39 is 0 Å². The summed E-state index contributed by atoms with van der Waals surface area (Å²) in [6.45, 7) is 6.80. The Bertz CT molecular complexity index is 258. The third kappa shape index (κ3) is 3.70. The van der Waals surface area contributed by atoms with Crippen LogP contribution in [0.3, 0.4) is 0 Å². The lowest BCUT2D eigenvalue weighted by molar-refractivity contribution is 0.595. The van der Waals surface area contributed by atoms with E-state index in [9.17, 15) is 0 Å². The second-order valence-electron chi connectivity index (χ2n) is 4.39. The molecule has 0 aliphatic heterocycles. The third-order valence-corrected chi connectivity index (χ3v) is 3.12. The van der Waals surface area contributed by atoms with Gasteiger partial charge in [-0.15, -0.1) is 0 Å². The first-order valence-electron chi connectivity index (χ1n) is 6.40. The molecule has 1 rings (SSSR count). The molecule has 0 heterocycles. The summed E-state index contributed by atoms with van der Waals surface area (Å²) in [6.07, 6.45) is 6.33. The van der Waals surface area contributed by atoms with Gasteiger partial charge in [0.1, 0.15) is 0 Å². The van der Waals surface area contributed by atoms with Gasteiger partial charge >= 0.3 is 0 Å². The van der Waals surface area contributed by atoms with E-state index in [1.165, 1.54) is 43.2 Å². The van der Waals surface area contributed by atoms with Crippen molar-refractivity contribution in [2.24, 2.45) is 0 Å². The van der Waals surface area contributed by atoms with E-state index in [2.05, 4.69) is 45.0 Å². The van der Waals surface area contributed by atoms with E-state index in [1.54, 1.807) is 0 Å². The van der Waals surface area contributed by atoms with Gasteiger partial charge in [0.2, 0.25) is 0 Å². The molecule has 0 spiro atoms. The highest BCUT2D eigenvalue weighted by Gasteiger charge is 2.07. The predicted octanol–water partition coefficient (Wildman–Crippen LogP) is 4.93. The van der Waals surface area contributed by atoms with Crippen LogP contribution in [0.2, 0.25) is 0 Å². The van der Waals surface area contributed by atoms with E-state index in [-0.39, 0.29) is 0 Å². The van der Waals surface area contributed by atoms with Gasteiger partial charge in [-0.3, -0.25) is 0 Å². The Labute approximate surface area is 94.7 Å². The van der Waals surface area contributed by atoms with Crippen LogP contribution in [0.1, 0.15) is 63.5 Å². The fourth-order valence-corrected chi connectivity index (χ4v) is 2.20. The molecule has 0 saturated heterocycles. The van der Waals surface area contributed by atoms with E-state index >= 15 is 0 Å². The minimum Gasteiger partial charge on any atom is -0.0654 e. The zero-order valence-corrected chi connectivity index (χ0v) is 10.4. The molecule has 1 aromatic rings. The standard InChI is InChI=1S/C15H24/c1-4-7-13-9-11-15(12-10-13)14(6-3)8-5-2/h9-12,14H,4-8H2,1-3H3. The second-order valence-corrected chi connectivity index (χ2v) is 4.39. The van der Waals surface area contributed by atoms with E-state index in [0.29, 0.717) is 0 Å². The highest BCUT2D eigenvalue weighted by Crippen LogP contribution is 2.24. The Hall–Kier alpha value is -0.780. The molecule has 0 nitrogen and oxygen atoms in total. The maximum Gasteiger partial charge on any atom is -0.0165 e. The first-order valence-corrected chi connectivity index (χ1v) is 6.40. The molecule has 0 aliphatic rings. The largest absolute Gasteiger partial charge is 0.0654 e. The van der Waals surface area contributed by atoms with Gasteiger partial charge in [-0.25, -0.2) is 0 Å². The quantitative estimate of drug-likeness (QED) is 0.616. The number of hydrogen-bond donors (Lipinski definition) is 0. The van der Waals surface area contributed by atoms with Crippen LogP contribution in [0.4, 0.5) is 0 Å². The summed E-state index contributed by atoms with van der Waals surface area (Å²) in [5, 5.41) is 0. The molecule has 1 atom stereocenters. The van der Waals surface area contributed by atoms with Crippen LogP contribution in [-0.4, -0.2) is 0 Å². The Morgan fingerprint density at radius 1 is 0.933 bits per heavy atom. The topological polar surface area (TPSA) is 0 Å². The Morgan fingerprint density at radius 2 is 1.60 bits per heavy atom. The molecule has 1 unspecified atom stereocenters. The fraction of sp³-hybridized carbons (Fsp3) is 0.600. The number of benzene rings is 1. The van der Waals surface area contributed by atoms with Crippen molar-refractivity contribution in [2.75, 3.05) is 0 Å². The predicted molar refractivity (Wildman–Crippen MR) is 68.4 cm³/mol. The molecule has 1 aromatic carbocycles. The van der Waals surface area contributed by atoms with Gasteiger partial charge in [0.15, 0.2) is 0 Å². The molecule has 15 heavy (non-hydrogen) atoms. The van der Waals surface area contributed by atoms with Gasteiger partial charge in [-0.05, 0) is 36.3 Å². The summed E-state index contributed by atoms with van der Waals surface area (Å²) < 4.78 is 0. The maximum atomic E-state index is 2.33. The molecule has 0 fully saturated rings. The molecule has 0 bridgehead atoms. The van der Waals surface area contributed by atoms with Crippen LogP contribution in [0.5, 0.6) is 0 Å². The van der Waals surface area contributed by atoms with E-state index in [0.717, 1.165) is 5.92 Å². The average molecular weight is 204 g/mol. The van der Waals surface area contributed by atoms with Gasteiger partial charge in [0, 0.05) is 0 Å². The van der Waals surface area contributed by atoms with Crippen molar-refractivity contribution in [3.05, 3.63) is 35.4 Å². The summed E-state index contributed by atoms with van der Waals surface area (Å²) in [4.78, 5) is 0. The van der Waals surface area contributed by atoms with Crippen LogP contribution in [-0.2, 0) is 6.42 Å². The summed E-state index contributed by atoms with van der Waals surface area (Å²) >= 11 is 0. The summed E-state index contributed by atoms with van der Waals surface area (Å²) in [5.74, 6) is 0.769. The average Bonchev–Trinajstić information content (AvgIpc) is 2.28. The first-order chi connectivity index (χ1) is 7.31. The number of aryl methyl sites for hydroxylation is 1. The van der Waals surface area contributed by atoms with Crippen molar-refractivity contribution in [2.45, 2.75) is 58.8 Å². The summed E-state index contributed by atoms with van der Waals surface area (Å²) in [5.41, 5.74) is 3.01. The lowest BCUT2D eigenvalue weighted by Crippen LogP contribution is -1.97. The van der Waals surface area contributed by atoms with Crippen molar-refractivity contribution >= 4 is 0 Å². The SMILES string of the molecule is CCCc1ccc(C(CC)CCC)cc1. The Kier molecular flexibility index (Phi) is 5.45. The van der Waals surface area contributed by atoms with Crippen molar-refractivity contribution in [3.8, 4) is 0 Å². The van der Waals surface area contributed by atoms with Crippen molar-refractivity contribution in [1.82, 2.24) is 0 Å². The molecule has 0 amide bonds. The van der Waals surface area contributed by atoms with E-state index in [4.69, 9.17) is 0 Å². The number of hydrogen-bond acceptors (Lipinski definition) is 0. The maximum absolute atomic E-state index is 2.33. The monoisotopic (exact) mass is 204 g/mol. The fourth-order valence-electron chi connectivity index (χ4n) is 2.20. The minimum atomic E-state index is 0.769. The lowest BCUT2D eigenvalue weighted by Gasteiger charge is -2.14. The molecule has 0 heteroatoms. The van der Waals surface area contributed by atoms with Gasteiger partial charge in [0.25, 0.3) is 0 Å². The number of rotatable bonds is 6. The minimum absolute atomic E-state index is 0.769. The molecular weight excluding hydrogens is 180 g/mol. The normalized spacial score (nSPS) is 12.7. The highest BCUT2D eigenvalue weighted by atomic mass is 14.1. The van der Waals surface area contributed by atoms with Crippen molar-refractivity contribution in [3.63, 3.8) is 0 Å². The molecule has 0 aromatic heterocycles. The van der Waals surface area contributed by atoms with Crippen LogP contribution < -0.4 is 0 Å². The van der Waals surface area contributed by atoms with Crippen LogP contribution in [0, 0.1) is 0 Å². The molecule has 0 aliphatic carbocycles. The smallest absolute Gasteiger partial charge is 0.0165 e. The van der Waals surface area contributed by atoms with Crippen molar-refractivity contribution < 1.29 is 0 Å². The zero-order valence-electron chi connectivity index (χ0n) is 10.4. The molecular formula is C15H24. The van der Waals surface area contributed by atoms with Crippen molar-refractivity contribution in [1.29, 1.82) is 0 Å². The summed E-state index contributed by atoms with van der Waals surface area (Å²) in [6, 6.07) is 9.26. The van der Waals surface area contributed by atoms with Crippen LogP contribution >= 0.6 is 0 Å². The molecule has 0 radical (unpaired) electrons. The Balaban J connectivity index is 2.68. The zero-order chi connectivity index (χ0) is 11.1. The molecule has 84 valence electrons. The van der Waals surface area contributed by atoms with Gasteiger partial charge in [-0.2, -0.15) is 0 Å².